The summed E-state index contributed by atoms with van der Waals surface area (Å²) in [6, 6.07) is 4.48. The quantitative estimate of drug-likeness (QED) is 0.650. The van der Waals surface area contributed by atoms with Crippen LogP contribution in [-0.2, 0) is 6.54 Å². The van der Waals surface area contributed by atoms with Gasteiger partial charge in [-0.1, -0.05) is 40.5 Å². The number of aromatic nitrogens is 1. The fraction of sp³-hybridized carbons (Fsp3) is 0.722. The lowest BCUT2D eigenvalue weighted by Gasteiger charge is -2.21. The Morgan fingerprint density at radius 3 is 2.52 bits per heavy atom. The van der Waals surface area contributed by atoms with E-state index in [1.807, 2.05) is 0 Å². The summed E-state index contributed by atoms with van der Waals surface area (Å²) in [5.41, 5.74) is 2.54. The zero-order chi connectivity index (χ0) is 15.7. The zero-order valence-corrected chi connectivity index (χ0v) is 14.6. The van der Waals surface area contributed by atoms with Gasteiger partial charge in [-0.05, 0) is 43.0 Å². The van der Waals surface area contributed by atoms with Crippen molar-refractivity contribution in [3.8, 4) is 0 Å². The fourth-order valence-corrected chi connectivity index (χ4v) is 2.31. The normalized spacial score (nSPS) is 11.1. The van der Waals surface area contributed by atoms with Crippen LogP contribution < -0.4 is 10.2 Å². The molecule has 1 aromatic heterocycles. The Bertz CT molecular complexity index is 401. The third kappa shape index (κ3) is 6.47. The van der Waals surface area contributed by atoms with Crippen LogP contribution >= 0.6 is 0 Å². The van der Waals surface area contributed by atoms with Crippen LogP contribution in [0.5, 0.6) is 0 Å². The molecular weight excluding hydrogens is 258 g/mol. The van der Waals surface area contributed by atoms with E-state index in [1.54, 1.807) is 0 Å². The SMILES string of the molecule is CCCCCN(C)c1cc(CNCCC)cc(C(C)C)n1. The number of nitrogens with zero attached hydrogens (tertiary/aromatic N) is 2. The van der Waals surface area contributed by atoms with Crippen molar-refractivity contribution in [1.82, 2.24) is 10.3 Å². The summed E-state index contributed by atoms with van der Waals surface area (Å²) in [4.78, 5) is 7.13. The third-order valence-corrected chi connectivity index (χ3v) is 3.73. The minimum absolute atomic E-state index is 0.471. The Labute approximate surface area is 131 Å². The van der Waals surface area contributed by atoms with Crippen LogP contribution in [0, 0.1) is 0 Å². The number of hydrogen-bond donors (Lipinski definition) is 1. The maximum atomic E-state index is 4.84. The summed E-state index contributed by atoms with van der Waals surface area (Å²) < 4.78 is 0. The molecule has 1 heterocycles. The molecule has 0 aliphatic rings. The Kier molecular flexibility index (Phi) is 8.36. The van der Waals surface area contributed by atoms with E-state index in [2.05, 4.69) is 57.1 Å². The maximum absolute atomic E-state index is 4.84. The first-order valence-corrected chi connectivity index (χ1v) is 8.51. The second-order valence-electron chi connectivity index (χ2n) is 6.22. The topological polar surface area (TPSA) is 28.2 Å². The lowest BCUT2D eigenvalue weighted by molar-refractivity contribution is 0.670. The second-order valence-corrected chi connectivity index (χ2v) is 6.22. The average Bonchev–Trinajstić information content (AvgIpc) is 2.47. The first kappa shape index (κ1) is 18.0. The highest BCUT2D eigenvalue weighted by molar-refractivity contribution is 5.42. The van der Waals surface area contributed by atoms with E-state index < -0.39 is 0 Å². The van der Waals surface area contributed by atoms with E-state index in [0.717, 1.165) is 25.5 Å². The molecular formula is C18H33N3. The van der Waals surface area contributed by atoms with Crippen molar-refractivity contribution < 1.29 is 0 Å². The predicted octanol–water partition coefficient (Wildman–Crippen LogP) is 4.33. The Hall–Kier alpha value is -1.09. The molecule has 1 N–H and O–H groups in total. The van der Waals surface area contributed by atoms with Crippen LogP contribution in [0.4, 0.5) is 5.82 Å². The molecule has 0 atom stereocenters. The molecule has 21 heavy (non-hydrogen) atoms. The molecule has 0 bridgehead atoms. The van der Waals surface area contributed by atoms with Crippen LogP contribution in [0.15, 0.2) is 12.1 Å². The van der Waals surface area contributed by atoms with E-state index in [-0.39, 0.29) is 0 Å². The first-order chi connectivity index (χ1) is 10.1. The van der Waals surface area contributed by atoms with Crippen molar-refractivity contribution in [2.24, 2.45) is 0 Å². The molecule has 0 saturated carbocycles. The number of hydrogen-bond acceptors (Lipinski definition) is 3. The van der Waals surface area contributed by atoms with Gasteiger partial charge in [0.2, 0.25) is 0 Å². The lowest BCUT2D eigenvalue weighted by Crippen LogP contribution is -2.21. The molecule has 0 saturated heterocycles. The van der Waals surface area contributed by atoms with Gasteiger partial charge in [0.05, 0.1) is 0 Å². The molecule has 1 aromatic rings. The maximum Gasteiger partial charge on any atom is 0.128 e. The monoisotopic (exact) mass is 291 g/mol. The van der Waals surface area contributed by atoms with E-state index in [4.69, 9.17) is 4.98 Å². The van der Waals surface area contributed by atoms with Gasteiger partial charge in [-0.25, -0.2) is 4.98 Å². The lowest BCUT2D eigenvalue weighted by atomic mass is 10.1. The van der Waals surface area contributed by atoms with Crippen LogP contribution in [0.1, 0.15) is 70.6 Å². The Balaban J connectivity index is 2.80. The van der Waals surface area contributed by atoms with Crippen LogP contribution in [-0.4, -0.2) is 25.1 Å². The molecule has 0 aromatic carbocycles. The fourth-order valence-electron chi connectivity index (χ4n) is 2.31. The number of anilines is 1. The molecule has 1 rings (SSSR count). The van der Waals surface area contributed by atoms with Crippen LogP contribution in [0.2, 0.25) is 0 Å². The molecule has 0 amide bonds. The van der Waals surface area contributed by atoms with E-state index >= 15 is 0 Å². The molecule has 0 spiro atoms. The van der Waals surface area contributed by atoms with Gasteiger partial charge in [0.25, 0.3) is 0 Å². The molecule has 0 fully saturated rings. The molecule has 3 heteroatoms. The molecule has 120 valence electrons. The van der Waals surface area contributed by atoms with Gasteiger partial charge in [0.15, 0.2) is 0 Å². The summed E-state index contributed by atoms with van der Waals surface area (Å²) in [6.07, 6.45) is 4.97. The van der Waals surface area contributed by atoms with E-state index in [9.17, 15) is 0 Å². The minimum Gasteiger partial charge on any atom is -0.360 e. The number of pyridine rings is 1. The molecule has 0 radical (unpaired) electrons. The largest absolute Gasteiger partial charge is 0.360 e. The summed E-state index contributed by atoms with van der Waals surface area (Å²) in [6.45, 7) is 12.0. The summed E-state index contributed by atoms with van der Waals surface area (Å²) >= 11 is 0. The standard InChI is InChI=1S/C18H33N3/c1-6-8-9-11-21(5)18-13-16(14-19-10-7-2)12-17(20-18)15(3)4/h12-13,15,19H,6-11,14H2,1-5H3. The van der Waals surface area contributed by atoms with Crippen molar-refractivity contribution in [3.63, 3.8) is 0 Å². The first-order valence-electron chi connectivity index (χ1n) is 8.51. The van der Waals surface area contributed by atoms with Crippen LogP contribution in [0.25, 0.3) is 0 Å². The number of unbranched alkanes of at least 4 members (excludes halogenated alkanes) is 2. The van der Waals surface area contributed by atoms with Gasteiger partial charge in [-0.15, -0.1) is 0 Å². The minimum atomic E-state index is 0.471. The van der Waals surface area contributed by atoms with Gasteiger partial charge in [0, 0.05) is 25.8 Å². The van der Waals surface area contributed by atoms with Crippen molar-refractivity contribution in [3.05, 3.63) is 23.4 Å². The zero-order valence-electron chi connectivity index (χ0n) is 14.6. The Morgan fingerprint density at radius 1 is 1.14 bits per heavy atom. The highest BCUT2D eigenvalue weighted by Gasteiger charge is 2.09. The molecule has 0 aliphatic heterocycles. The van der Waals surface area contributed by atoms with Gasteiger partial charge in [-0.3, -0.25) is 0 Å². The van der Waals surface area contributed by atoms with Gasteiger partial charge < -0.3 is 10.2 Å². The van der Waals surface area contributed by atoms with E-state index in [0.29, 0.717) is 5.92 Å². The van der Waals surface area contributed by atoms with Crippen molar-refractivity contribution in [2.45, 2.75) is 65.8 Å². The second kappa shape index (κ2) is 9.78. The highest BCUT2D eigenvalue weighted by atomic mass is 15.2. The molecule has 0 unspecified atom stereocenters. The van der Waals surface area contributed by atoms with Crippen LogP contribution in [0.3, 0.4) is 0 Å². The van der Waals surface area contributed by atoms with Gasteiger partial charge in [-0.2, -0.15) is 0 Å². The highest BCUT2D eigenvalue weighted by Crippen LogP contribution is 2.20. The summed E-state index contributed by atoms with van der Waals surface area (Å²) in [5.74, 6) is 1.59. The van der Waals surface area contributed by atoms with Crippen molar-refractivity contribution in [1.29, 1.82) is 0 Å². The molecule has 3 nitrogen and oxygen atoms in total. The summed E-state index contributed by atoms with van der Waals surface area (Å²) in [7, 11) is 2.16. The molecule has 0 aliphatic carbocycles. The Morgan fingerprint density at radius 2 is 1.90 bits per heavy atom. The van der Waals surface area contributed by atoms with Crippen molar-refractivity contribution >= 4 is 5.82 Å². The smallest absolute Gasteiger partial charge is 0.128 e. The van der Waals surface area contributed by atoms with Gasteiger partial charge in [0.1, 0.15) is 5.82 Å². The van der Waals surface area contributed by atoms with Gasteiger partial charge >= 0.3 is 0 Å². The van der Waals surface area contributed by atoms with Crippen molar-refractivity contribution in [2.75, 3.05) is 25.0 Å². The summed E-state index contributed by atoms with van der Waals surface area (Å²) in [5, 5.41) is 3.49. The third-order valence-electron chi connectivity index (χ3n) is 3.73. The van der Waals surface area contributed by atoms with E-state index in [1.165, 1.54) is 36.9 Å². The average molecular weight is 291 g/mol. The number of rotatable bonds is 10. The predicted molar refractivity (Wildman–Crippen MR) is 93.1 cm³/mol. The number of nitrogens with one attached hydrogen (secondary N) is 1.